The van der Waals surface area contributed by atoms with Gasteiger partial charge in [-0.1, -0.05) is 142 Å². The van der Waals surface area contributed by atoms with Crippen LogP contribution in [0.2, 0.25) is 0 Å². The minimum Gasteiger partial charge on any atom is -0.462 e. The zero-order chi connectivity index (χ0) is 40.7. The average molecular weight is 809 g/mol. The van der Waals surface area contributed by atoms with Gasteiger partial charge in [-0.15, -0.1) is 0 Å². The van der Waals surface area contributed by atoms with Crippen molar-refractivity contribution in [3.63, 3.8) is 0 Å². The minimum atomic E-state index is -5.11. The van der Waals surface area contributed by atoms with Crippen LogP contribution in [0.3, 0.4) is 0 Å². The maximum absolute atomic E-state index is 12.8. The van der Waals surface area contributed by atoms with E-state index in [-0.39, 0.29) is 12.8 Å². The van der Waals surface area contributed by atoms with Crippen LogP contribution >= 0.6 is 7.82 Å². The smallest absolute Gasteiger partial charge is 0.462 e. The molecule has 0 aromatic rings. The molecule has 55 heavy (non-hydrogen) atoms. The number of phosphoric acid groups is 1. The highest BCUT2D eigenvalue weighted by Crippen LogP contribution is 2.47. The number of ether oxygens (including phenoxy) is 2. The number of rotatable bonds is 35. The predicted octanol–water partition coefficient (Wildman–Crippen LogP) is 7.50. The highest BCUT2D eigenvalue weighted by Gasteiger charge is 2.51. The molecule has 6 atom stereocenters. The second-order valence-electron chi connectivity index (χ2n) is 15.2. The summed E-state index contributed by atoms with van der Waals surface area (Å²) in [6, 6.07) is 0. The third-order valence-corrected chi connectivity index (χ3v) is 11.1. The summed E-state index contributed by atoms with van der Waals surface area (Å²) in [4.78, 5) is 35.5. The molecule has 0 aliphatic heterocycles. The Morgan fingerprint density at radius 3 is 1.40 bits per heavy atom. The fourth-order valence-corrected chi connectivity index (χ4v) is 7.55. The van der Waals surface area contributed by atoms with Gasteiger partial charge in [0.1, 0.15) is 43.2 Å². The van der Waals surface area contributed by atoms with Crippen molar-refractivity contribution in [1.29, 1.82) is 0 Å². The Bertz CT molecular complexity index is 1030. The molecule has 1 rings (SSSR count). The monoisotopic (exact) mass is 809 g/mol. The van der Waals surface area contributed by atoms with E-state index in [0.29, 0.717) is 12.8 Å². The first-order valence-electron chi connectivity index (χ1n) is 21.5. The molecule has 6 unspecified atom stereocenters. The Balaban J connectivity index is 2.50. The summed E-state index contributed by atoms with van der Waals surface area (Å²) >= 11 is 0. The lowest BCUT2D eigenvalue weighted by atomic mass is 9.85. The summed E-state index contributed by atoms with van der Waals surface area (Å²) in [7, 11) is -5.11. The Morgan fingerprint density at radius 2 is 0.927 bits per heavy atom. The van der Waals surface area contributed by atoms with E-state index in [2.05, 4.69) is 26.0 Å². The van der Waals surface area contributed by atoms with Gasteiger partial charge in [-0.2, -0.15) is 0 Å². The van der Waals surface area contributed by atoms with Gasteiger partial charge in [-0.25, -0.2) is 4.57 Å². The van der Waals surface area contributed by atoms with Crippen LogP contribution < -0.4 is 0 Å². The number of esters is 2. The molecule has 1 aliphatic rings. The van der Waals surface area contributed by atoms with Gasteiger partial charge in [-0.05, 0) is 38.5 Å². The third-order valence-electron chi connectivity index (χ3n) is 10.1. The number of carbonyl (C=O) groups is 2. The molecule has 1 aliphatic carbocycles. The number of aliphatic hydroxyl groups excluding tert-OH is 5. The molecule has 0 saturated heterocycles. The highest BCUT2D eigenvalue weighted by atomic mass is 31.2. The number of phosphoric ester groups is 1. The van der Waals surface area contributed by atoms with Crippen molar-refractivity contribution < 1.29 is 63.1 Å². The molecule has 0 heterocycles. The van der Waals surface area contributed by atoms with Gasteiger partial charge < -0.3 is 39.9 Å². The van der Waals surface area contributed by atoms with Crippen molar-refractivity contribution in [2.75, 3.05) is 13.2 Å². The molecule has 14 heteroatoms. The number of carbonyl (C=O) groups excluding carboxylic acids is 2. The van der Waals surface area contributed by atoms with E-state index in [1.165, 1.54) is 83.5 Å². The van der Waals surface area contributed by atoms with Gasteiger partial charge >= 0.3 is 19.8 Å². The van der Waals surface area contributed by atoms with Crippen molar-refractivity contribution in [1.82, 2.24) is 0 Å². The third kappa shape index (κ3) is 25.5. The number of allylic oxidation sites excluding steroid dienone is 2. The molecular weight excluding hydrogens is 731 g/mol. The number of hydrogen-bond donors (Lipinski definition) is 6. The Labute approximate surface area is 331 Å². The molecule has 0 bridgehead atoms. The molecule has 0 spiro atoms. The number of hydrogen-bond acceptors (Lipinski definition) is 12. The van der Waals surface area contributed by atoms with E-state index in [1.807, 2.05) is 0 Å². The fourth-order valence-electron chi connectivity index (χ4n) is 6.58. The Hall–Kier alpha value is -1.41. The summed E-state index contributed by atoms with van der Waals surface area (Å²) in [5, 5.41) is 50.0. The van der Waals surface area contributed by atoms with Gasteiger partial charge in [0.05, 0.1) is 6.61 Å². The van der Waals surface area contributed by atoms with Gasteiger partial charge in [-0.3, -0.25) is 18.6 Å². The van der Waals surface area contributed by atoms with E-state index in [0.717, 1.165) is 57.8 Å². The number of aliphatic hydroxyl groups is 5. The lowest BCUT2D eigenvalue weighted by molar-refractivity contribution is -0.220. The molecule has 1 fully saturated rings. The maximum atomic E-state index is 12.8. The summed E-state index contributed by atoms with van der Waals surface area (Å²) < 4.78 is 33.4. The molecule has 13 nitrogen and oxygen atoms in total. The first-order valence-corrected chi connectivity index (χ1v) is 23.0. The zero-order valence-electron chi connectivity index (χ0n) is 34.0. The normalized spacial score (nSPS) is 23.1. The first-order chi connectivity index (χ1) is 26.4. The highest BCUT2D eigenvalue weighted by molar-refractivity contribution is 7.47. The Morgan fingerprint density at radius 1 is 0.545 bits per heavy atom. The fraction of sp³-hybridized carbons (Fsp3) is 0.902. The van der Waals surface area contributed by atoms with E-state index in [4.69, 9.17) is 18.5 Å². The lowest BCUT2D eigenvalue weighted by Crippen LogP contribution is -2.64. The van der Waals surface area contributed by atoms with E-state index in [1.54, 1.807) is 0 Å². The van der Waals surface area contributed by atoms with Gasteiger partial charge in [0.15, 0.2) is 6.10 Å². The SMILES string of the molecule is CCCCCCC=CCCCCCCCC(=O)OC(COC(=O)CCCCCCCCCCCCCCC)COP(=O)(O)OC1C(O)C(O)C(O)C(O)C1O. The molecule has 1 saturated carbocycles. The van der Waals surface area contributed by atoms with Crippen LogP contribution in [-0.4, -0.2) is 98.3 Å². The molecule has 324 valence electrons. The largest absolute Gasteiger partial charge is 0.472 e. The van der Waals surface area contributed by atoms with Gasteiger partial charge in [0, 0.05) is 12.8 Å². The molecule has 0 aromatic carbocycles. The van der Waals surface area contributed by atoms with Crippen LogP contribution in [0.15, 0.2) is 12.2 Å². The summed E-state index contributed by atoms with van der Waals surface area (Å²) in [5.41, 5.74) is 0. The van der Waals surface area contributed by atoms with Crippen LogP contribution in [-0.2, 0) is 32.7 Å². The summed E-state index contributed by atoms with van der Waals surface area (Å²) in [5.74, 6) is -1.10. The maximum Gasteiger partial charge on any atom is 0.472 e. The van der Waals surface area contributed by atoms with E-state index >= 15 is 0 Å². The lowest BCUT2D eigenvalue weighted by Gasteiger charge is -2.41. The zero-order valence-corrected chi connectivity index (χ0v) is 34.9. The van der Waals surface area contributed by atoms with Crippen LogP contribution in [0.25, 0.3) is 0 Å². The molecule has 0 radical (unpaired) electrons. The summed E-state index contributed by atoms with van der Waals surface area (Å²) in [6.45, 7) is 3.26. The standard InChI is InChI=1S/C41H77O13P/c1-3-5-7-9-11-13-15-17-19-21-23-25-27-29-34(42)51-31-33(32-52-55(49,50)54-41-39(47)37(45)36(44)38(46)40(41)48)53-35(43)30-28-26-24-22-20-18-16-14-12-10-8-6-4-2/h14,16,33,36-41,44-48H,3-13,15,17-32H2,1-2H3,(H,49,50). The topological polar surface area (TPSA) is 210 Å². The first kappa shape index (κ1) is 51.6. The molecule has 6 N–H and O–H groups in total. The van der Waals surface area contributed by atoms with Gasteiger partial charge in [0.2, 0.25) is 0 Å². The number of unbranched alkanes of at least 4 members (excludes halogenated alkanes) is 21. The van der Waals surface area contributed by atoms with E-state index in [9.17, 15) is 44.6 Å². The minimum absolute atomic E-state index is 0.0902. The van der Waals surface area contributed by atoms with E-state index < -0.39 is 75.7 Å². The van der Waals surface area contributed by atoms with Crippen LogP contribution in [0.4, 0.5) is 0 Å². The van der Waals surface area contributed by atoms with Crippen molar-refractivity contribution >= 4 is 19.8 Å². The average Bonchev–Trinajstić information content (AvgIpc) is 3.16. The quantitative estimate of drug-likeness (QED) is 0.0159. The summed E-state index contributed by atoms with van der Waals surface area (Å²) in [6.07, 6.45) is 18.5. The van der Waals surface area contributed by atoms with Crippen LogP contribution in [0.1, 0.15) is 181 Å². The Kier molecular flexibility index (Phi) is 30.5. The molecule has 0 amide bonds. The second kappa shape index (κ2) is 32.5. The van der Waals surface area contributed by atoms with Crippen molar-refractivity contribution in [3.05, 3.63) is 12.2 Å². The van der Waals surface area contributed by atoms with Crippen LogP contribution in [0, 0.1) is 0 Å². The van der Waals surface area contributed by atoms with Crippen molar-refractivity contribution in [2.24, 2.45) is 0 Å². The van der Waals surface area contributed by atoms with Crippen molar-refractivity contribution in [2.45, 2.75) is 224 Å². The second-order valence-corrected chi connectivity index (χ2v) is 16.6. The molecule has 0 aromatic heterocycles. The van der Waals surface area contributed by atoms with Gasteiger partial charge in [0.25, 0.3) is 0 Å². The molecular formula is C41H77O13P. The van der Waals surface area contributed by atoms with Crippen LogP contribution in [0.5, 0.6) is 0 Å². The van der Waals surface area contributed by atoms with Crippen molar-refractivity contribution in [3.8, 4) is 0 Å². The predicted molar refractivity (Wildman–Crippen MR) is 212 cm³/mol.